The van der Waals surface area contributed by atoms with Gasteiger partial charge in [-0.1, -0.05) is 28.1 Å². The fourth-order valence-electron chi connectivity index (χ4n) is 1.53. The third kappa shape index (κ3) is 6.64. The van der Waals surface area contributed by atoms with E-state index in [1.807, 2.05) is 31.2 Å². The fraction of sp³-hybridized carbons (Fsp3) is 0.500. The second kappa shape index (κ2) is 8.97. The van der Waals surface area contributed by atoms with E-state index < -0.39 is 0 Å². The van der Waals surface area contributed by atoms with Crippen molar-refractivity contribution in [2.45, 2.75) is 26.2 Å². The van der Waals surface area contributed by atoms with E-state index in [9.17, 15) is 4.79 Å². The molecule has 0 aromatic heterocycles. The van der Waals surface area contributed by atoms with Crippen LogP contribution in [0.5, 0.6) is 5.75 Å². The lowest BCUT2D eigenvalue weighted by Gasteiger charge is -2.08. The monoisotopic (exact) mass is 313 g/mol. The van der Waals surface area contributed by atoms with Crippen molar-refractivity contribution in [3.8, 4) is 5.75 Å². The van der Waals surface area contributed by atoms with E-state index in [0.717, 1.165) is 23.9 Å². The van der Waals surface area contributed by atoms with Crippen molar-refractivity contribution in [2.24, 2.45) is 0 Å². The van der Waals surface area contributed by atoms with Gasteiger partial charge in [-0.05, 0) is 37.5 Å². The molecule has 100 valence electrons. The average Bonchev–Trinajstić information content (AvgIpc) is 2.35. The van der Waals surface area contributed by atoms with Crippen molar-refractivity contribution >= 4 is 21.8 Å². The summed E-state index contributed by atoms with van der Waals surface area (Å²) in [6.07, 6.45) is 2.55. The van der Waals surface area contributed by atoms with E-state index >= 15 is 0 Å². The molecule has 0 aliphatic carbocycles. The molecule has 0 aliphatic rings. The standard InChI is InChI=1S/C14H20BrNO2/c1-12-5-4-6-13(11-12)18-10-9-16-14(17)7-2-3-8-15/h4-6,11H,2-3,7-10H2,1H3,(H,16,17). The zero-order valence-corrected chi connectivity index (χ0v) is 12.3. The normalized spacial score (nSPS) is 10.1. The summed E-state index contributed by atoms with van der Waals surface area (Å²) in [7, 11) is 0. The van der Waals surface area contributed by atoms with Gasteiger partial charge < -0.3 is 10.1 Å². The number of alkyl halides is 1. The highest BCUT2D eigenvalue weighted by atomic mass is 79.9. The van der Waals surface area contributed by atoms with Gasteiger partial charge in [0.2, 0.25) is 5.91 Å². The molecule has 1 N–H and O–H groups in total. The van der Waals surface area contributed by atoms with Gasteiger partial charge in [-0.3, -0.25) is 4.79 Å². The minimum atomic E-state index is 0.101. The van der Waals surface area contributed by atoms with E-state index in [2.05, 4.69) is 21.2 Å². The Balaban J connectivity index is 2.09. The third-order valence-electron chi connectivity index (χ3n) is 2.47. The molecule has 0 atom stereocenters. The predicted octanol–water partition coefficient (Wildman–Crippen LogP) is 3.06. The molecule has 0 saturated carbocycles. The molecule has 0 unspecified atom stereocenters. The molecule has 0 aliphatic heterocycles. The highest BCUT2D eigenvalue weighted by Gasteiger charge is 2.00. The van der Waals surface area contributed by atoms with Gasteiger partial charge in [0.1, 0.15) is 12.4 Å². The fourth-order valence-corrected chi connectivity index (χ4v) is 1.93. The van der Waals surface area contributed by atoms with Crippen molar-refractivity contribution in [3.05, 3.63) is 29.8 Å². The van der Waals surface area contributed by atoms with Crippen LogP contribution < -0.4 is 10.1 Å². The Morgan fingerprint density at radius 1 is 1.39 bits per heavy atom. The molecule has 4 heteroatoms. The Morgan fingerprint density at radius 3 is 2.94 bits per heavy atom. The number of rotatable bonds is 8. The van der Waals surface area contributed by atoms with Crippen molar-refractivity contribution in [1.82, 2.24) is 5.32 Å². The summed E-state index contributed by atoms with van der Waals surface area (Å²) < 4.78 is 5.54. The second-order valence-corrected chi connectivity index (χ2v) is 4.95. The molecule has 0 fully saturated rings. The van der Waals surface area contributed by atoms with Crippen molar-refractivity contribution in [1.29, 1.82) is 0 Å². The van der Waals surface area contributed by atoms with Gasteiger partial charge in [-0.25, -0.2) is 0 Å². The molecule has 1 amide bonds. The van der Waals surface area contributed by atoms with Gasteiger partial charge in [0.15, 0.2) is 0 Å². The third-order valence-corrected chi connectivity index (χ3v) is 3.03. The summed E-state index contributed by atoms with van der Waals surface area (Å²) in [5, 5.41) is 3.80. The minimum absolute atomic E-state index is 0.101. The van der Waals surface area contributed by atoms with Gasteiger partial charge in [-0.2, -0.15) is 0 Å². The van der Waals surface area contributed by atoms with Gasteiger partial charge in [0.05, 0.1) is 6.54 Å². The van der Waals surface area contributed by atoms with E-state index in [0.29, 0.717) is 19.6 Å². The zero-order chi connectivity index (χ0) is 13.2. The number of hydrogen-bond donors (Lipinski definition) is 1. The smallest absolute Gasteiger partial charge is 0.220 e. The molecule has 1 aromatic carbocycles. The summed E-state index contributed by atoms with van der Waals surface area (Å²) >= 11 is 3.34. The number of nitrogens with one attached hydrogen (secondary N) is 1. The Labute approximate surface area is 117 Å². The number of benzene rings is 1. The van der Waals surface area contributed by atoms with Crippen LogP contribution >= 0.6 is 15.9 Å². The minimum Gasteiger partial charge on any atom is -0.492 e. The average molecular weight is 314 g/mol. The number of aryl methyl sites for hydroxylation is 1. The Hall–Kier alpha value is -1.03. The molecular formula is C14H20BrNO2. The summed E-state index contributed by atoms with van der Waals surface area (Å²) in [6, 6.07) is 7.89. The molecular weight excluding hydrogens is 294 g/mol. The lowest BCUT2D eigenvalue weighted by molar-refractivity contribution is -0.121. The van der Waals surface area contributed by atoms with Crippen LogP contribution in [0.3, 0.4) is 0 Å². The molecule has 0 spiro atoms. The van der Waals surface area contributed by atoms with E-state index in [4.69, 9.17) is 4.74 Å². The SMILES string of the molecule is Cc1cccc(OCCNC(=O)CCCCBr)c1. The first-order valence-electron chi connectivity index (χ1n) is 6.24. The molecule has 0 heterocycles. The number of carbonyl (C=O) groups excluding carboxylic acids is 1. The largest absolute Gasteiger partial charge is 0.492 e. The number of amides is 1. The highest BCUT2D eigenvalue weighted by Crippen LogP contribution is 2.11. The highest BCUT2D eigenvalue weighted by molar-refractivity contribution is 9.09. The molecule has 0 radical (unpaired) electrons. The van der Waals surface area contributed by atoms with E-state index in [1.165, 1.54) is 5.56 Å². The molecule has 1 rings (SSSR count). The number of carbonyl (C=O) groups is 1. The van der Waals surface area contributed by atoms with Crippen LogP contribution in [0.15, 0.2) is 24.3 Å². The van der Waals surface area contributed by atoms with Crippen LogP contribution in [0, 0.1) is 6.92 Å². The number of ether oxygens (including phenoxy) is 1. The lowest BCUT2D eigenvalue weighted by atomic mass is 10.2. The molecule has 3 nitrogen and oxygen atoms in total. The maximum Gasteiger partial charge on any atom is 0.220 e. The first kappa shape index (κ1) is 15.0. The van der Waals surface area contributed by atoms with Gasteiger partial charge >= 0.3 is 0 Å². The predicted molar refractivity (Wildman–Crippen MR) is 77.3 cm³/mol. The van der Waals surface area contributed by atoms with Crippen LogP contribution in [0.2, 0.25) is 0 Å². The summed E-state index contributed by atoms with van der Waals surface area (Å²) in [6.45, 7) is 3.09. The Kier molecular flexibility index (Phi) is 7.49. The van der Waals surface area contributed by atoms with Crippen LogP contribution in [0.1, 0.15) is 24.8 Å². The van der Waals surface area contributed by atoms with Crippen molar-refractivity contribution in [2.75, 3.05) is 18.5 Å². The van der Waals surface area contributed by atoms with E-state index in [-0.39, 0.29) is 5.91 Å². The summed E-state index contributed by atoms with van der Waals surface area (Å²) in [5.74, 6) is 0.951. The number of hydrogen-bond acceptors (Lipinski definition) is 2. The number of unbranched alkanes of at least 4 members (excludes halogenated alkanes) is 1. The molecule has 1 aromatic rings. The van der Waals surface area contributed by atoms with Crippen LogP contribution in [-0.2, 0) is 4.79 Å². The van der Waals surface area contributed by atoms with E-state index in [1.54, 1.807) is 0 Å². The first-order chi connectivity index (χ1) is 8.72. The second-order valence-electron chi connectivity index (χ2n) is 4.16. The topological polar surface area (TPSA) is 38.3 Å². The van der Waals surface area contributed by atoms with Crippen molar-refractivity contribution < 1.29 is 9.53 Å². The van der Waals surface area contributed by atoms with Crippen molar-refractivity contribution in [3.63, 3.8) is 0 Å². The maximum atomic E-state index is 11.4. The summed E-state index contributed by atoms with van der Waals surface area (Å²) in [4.78, 5) is 11.4. The van der Waals surface area contributed by atoms with Crippen LogP contribution in [0.4, 0.5) is 0 Å². The lowest BCUT2D eigenvalue weighted by Crippen LogP contribution is -2.27. The van der Waals surface area contributed by atoms with Gasteiger partial charge in [0.25, 0.3) is 0 Å². The Morgan fingerprint density at radius 2 is 2.22 bits per heavy atom. The Bertz CT molecular complexity index is 369. The molecule has 18 heavy (non-hydrogen) atoms. The van der Waals surface area contributed by atoms with Gasteiger partial charge in [-0.15, -0.1) is 0 Å². The zero-order valence-electron chi connectivity index (χ0n) is 10.7. The summed E-state index contributed by atoms with van der Waals surface area (Å²) in [5.41, 5.74) is 1.17. The van der Waals surface area contributed by atoms with Gasteiger partial charge in [0, 0.05) is 11.8 Å². The molecule has 0 saturated heterocycles. The van der Waals surface area contributed by atoms with Crippen LogP contribution in [0.25, 0.3) is 0 Å². The molecule has 0 bridgehead atoms. The quantitative estimate of drug-likeness (QED) is 0.591. The van der Waals surface area contributed by atoms with Crippen LogP contribution in [-0.4, -0.2) is 24.4 Å². The first-order valence-corrected chi connectivity index (χ1v) is 7.36. The maximum absolute atomic E-state index is 11.4. The number of halogens is 1.